The number of fused-ring (bicyclic) bond motifs is 4. The largest absolute Gasteiger partial charge is 0.500 e. The average molecular weight is 971 g/mol. The fourth-order valence-corrected chi connectivity index (χ4v) is 14.2. The van der Waals surface area contributed by atoms with Crippen LogP contribution in [0.1, 0.15) is 147 Å². The van der Waals surface area contributed by atoms with Gasteiger partial charge >= 0.3 is 41.5 Å². The van der Waals surface area contributed by atoms with Gasteiger partial charge in [0.1, 0.15) is 12.2 Å². The van der Waals surface area contributed by atoms with Crippen LogP contribution in [-0.4, -0.2) is 110 Å². The van der Waals surface area contributed by atoms with Crippen molar-refractivity contribution in [2.75, 3.05) is 55.9 Å². The molecule has 0 aliphatic heterocycles. The van der Waals surface area contributed by atoms with Crippen molar-refractivity contribution in [2.45, 2.75) is 172 Å². The van der Waals surface area contributed by atoms with Crippen molar-refractivity contribution in [2.24, 2.45) is 44.3 Å². The van der Waals surface area contributed by atoms with E-state index in [9.17, 15) is 19.2 Å². The van der Waals surface area contributed by atoms with Crippen LogP contribution in [0.3, 0.4) is 0 Å². The van der Waals surface area contributed by atoms with Crippen molar-refractivity contribution in [1.82, 2.24) is 0 Å². The predicted molar refractivity (Wildman–Crippen MR) is 259 cm³/mol. The standard InChI is InChI=1S/C26H48O7Si.C14H22O2.C10H20O5Si/c1-11-25(6,22(28)33-20-17-19-13-14-26(20,7)24(19,4)5)18-23(2,3)21(27)32-15-12-16-34(29-8,30-9)31-10;1-9(2)12(15)16-11-8-10-6-7-14(11,5)13(10,3)4;1-9(2)10(11)15-7-6-8-16(12-3,13-4)14-5/h19-20H,11-18H2,1-10H3;10-11H,1,6-8H2,2-5H3;1,6-8H2,2-5H3. The van der Waals surface area contributed by atoms with Gasteiger partial charge in [0.15, 0.2) is 0 Å². The SMILES string of the molecule is C=C(C)C(=O)OC1CC2CCC1(C)C2(C)C.C=C(C)C(=O)OCCC[Si](OC)(OC)OC.CCC(C)(CC(C)(C)C(=O)OCCC[Si](OC)(OC)OC)C(=O)OC1CC2CCC1(C)C2(C)C. The molecule has 4 rings (SSSR count). The molecule has 0 N–H and O–H groups in total. The zero-order valence-corrected chi connectivity index (χ0v) is 46.3. The normalized spacial score (nSPS) is 26.8. The summed E-state index contributed by atoms with van der Waals surface area (Å²) >= 11 is 0. The Hall–Kier alpha value is -2.45. The molecule has 7 unspecified atom stereocenters. The fraction of sp³-hybridized carbons (Fsp3) is 0.840. The molecule has 0 radical (unpaired) electrons. The highest BCUT2D eigenvalue weighted by Crippen LogP contribution is 2.67. The summed E-state index contributed by atoms with van der Waals surface area (Å²) in [6, 6.07) is 1.17. The van der Waals surface area contributed by atoms with Gasteiger partial charge in [-0.25, -0.2) is 9.59 Å². The average Bonchev–Trinajstić information content (AvgIpc) is 3.79. The van der Waals surface area contributed by atoms with E-state index in [0.717, 1.165) is 19.3 Å². The number of rotatable bonds is 23. The van der Waals surface area contributed by atoms with Crippen molar-refractivity contribution in [1.29, 1.82) is 0 Å². The van der Waals surface area contributed by atoms with Gasteiger partial charge < -0.3 is 45.5 Å². The van der Waals surface area contributed by atoms with Gasteiger partial charge in [0.05, 0.1) is 24.0 Å². The monoisotopic (exact) mass is 971 g/mol. The molecule has 0 aromatic rings. The van der Waals surface area contributed by atoms with E-state index in [4.69, 9.17) is 45.5 Å². The molecule has 4 fully saturated rings. The number of carbonyl (C=O) groups is 4. The molecule has 0 saturated heterocycles. The summed E-state index contributed by atoms with van der Waals surface area (Å²) in [7, 11) is 4.15. The van der Waals surface area contributed by atoms with E-state index in [1.54, 1.807) is 56.5 Å². The fourth-order valence-electron chi connectivity index (χ4n) is 10.8. The first-order valence-corrected chi connectivity index (χ1v) is 27.7. The van der Waals surface area contributed by atoms with Crippen molar-refractivity contribution in [3.63, 3.8) is 0 Å². The molecule has 16 heteroatoms. The Morgan fingerprint density at radius 2 is 0.970 bits per heavy atom. The first-order chi connectivity index (χ1) is 30.5. The molecule has 4 bridgehead atoms. The van der Waals surface area contributed by atoms with E-state index in [1.807, 2.05) is 27.7 Å². The van der Waals surface area contributed by atoms with Gasteiger partial charge in [-0.15, -0.1) is 0 Å². The van der Waals surface area contributed by atoms with Crippen LogP contribution >= 0.6 is 0 Å². The van der Waals surface area contributed by atoms with Crippen LogP contribution in [0.5, 0.6) is 0 Å². The van der Waals surface area contributed by atoms with E-state index < -0.39 is 28.4 Å². The Morgan fingerprint density at radius 1 is 0.591 bits per heavy atom. The maximum Gasteiger partial charge on any atom is 0.500 e. The highest BCUT2D eigenvalue weighted by molar-refractivity contribution is 6.60. The molecular weight excluding hydrogens is 881 g/mol. The summed E-state index contributed by atoms with van der Waals surface area (Å²) in [5.41, 5.74) is -0.0249. The zero-order valence-electron chi connectivity index (χ0n) is 44.3. The molecular formula is C50H90O14Si2. The molecule has 66 heavy (non-hydrogen) atoms. The third kappa shape index (κ3) is 13.2. The van der Waals surface area contributed by atoms with Crippen molar-refractivity contribution < 1.29 is 64.7 Å². The van der Waals surface area contributed by atoms with Crippen molar-refractivity contribution >= 4 is 41.5 Å². The van der Waals surface area contributed by atoms with E-state index in [2.05, 4.69) is 54.7 Å². The summed E-state index contributed by atoms with van der Waals surface area (Å²) in [6.07, 6.45) is 8.97. The third-order valence-corrected chi connectivity index (χ3v) is 22.5. The van der Waals surface area contributed by atoms with Gasteiger partial charge in [0.2, 0.25) is 0 Å². The van der Waals surface area contributed by atoms with E-state index in [0.29, 0.717) is 72.8 Å². The minimum atomic E-state index is -2.69. The summed E-state index contributed by atoms with van der Waals surface area (Å²) in [5, 5.41) is 0. The van der Waals surface area contributed by atoms with Gasteiger partial charge in [-0.05, 0) is 121 Å². The van der Waals surface area contributed by atoms with Crippen molar-refractivity contribution in [3.8, 4) is 0 Å². The highest BCUT2D eigenvalue weighted by Gasteiger charge is 2.64. The highest BCUT2D eigenvalue weighted by atomic mass is 28.4. The van der Waals surface area contributed by atoms with Crippen molar-refractivity contribution in [3.05, 3.63) is 24.3 Å². The molecule has 0 aromatic carbocycles. The van der Waals surface area contributed by atoms with Gasteiger partial charge in [0.25, 0.3) is 0 Å². The second-order valence-electron chi connectivity index (χ2n) is 21.6. The molecule has 0 aromatic heterocycles. The van der Waals surface area contributed by atoms with Crippen LogP contribution < -0.4 is 0 Å². The molecule has 4 aliphatic rings. The predicted octanol–water partition coefficient (Wildman–Crippen LogP) is 10.1. The van der Waals surface area contributed by atoms with E-state index >= 15 is 0 Å². The van der Waals surface area contributed by atoms with Crippen LogP contribution in [0.25, 0.3) is 0 Å². The maximum atomic E-state index is 13.4. The second-order valence-corrected chi connectivity index (χ2v) is 27.8. The molecule has 382 valence electrons. The first-order valence-electron chi connectivity index (χ1n) is 23.8. The summed E-state index contributed by atoms with van der Waals surface area (Å²) in [4.78, 5) is 49.1. The molecule has 14 nitrogen and oxygen atoms in total. The second kappa shape index (κ2) is 23.9. The van der Waals surface area contributed by atoms with Crippen LogP contribution in [0.4, 0.5) is 0 Å². The first kappa shape index (κ1) is 59.7. The van der Waals surface area contributed by atoms with E-state index in [1.165, 1.54) is 19.3 Å². The Balaban J connectivity index is 0.000000387. The molecule has 0 spiro atoms. The number of hydrogen-bond acceptors (Lipinski definition) is 14. The van der Waals surface area contributed by atoms with Gasteiger partial charge in [-0.1, -0.05) is 61.6 Å². The minimum absolute atomic E-state index is 0.0154. The molecule has 0 heterocycles. The van der Waals surface area contributed by atoms with Crippen LogP contribution in [0.2, 0.25) is 12.1 Å². The molecule has 0 amide bonds. The smallest absolute Gasteiger partial charge is 0.465 e. The van der Waals surface area contributed by atoms with Crippen LogP contribution in [0.15, 0.2) is 24.3 Å². The summed E-state index contributed by atoms with van der Waals surface area (Å²) in [6.45, 7) is 32.4. The molecule has 4 saturated carbocycles. The summed E-state index contributed by atoms with van der Waals surface area (Å²) in [5.74, 6) is 0.203. The lowest BCUT2D eigenvalue weighted by atomic mass is 9.69. The minimum Gasteiger partial charge on any atom is -0.465 e. The maximum absolute atomic E-state index is 13.4. The number of ether oxygens (including phenoxy) is 4. The quantitative estimate of drug-likeness (QED) is 0.0313. The zero-order chi connectivity index (χ0) is 50.7. The molecule has 7 atom stereocenters. The van der Waals surface area contributed by atoms with Gasteiger partial charge in [-0.2, -0.15) is 0 Å². The number of carbonyl (C=O) groups excluding carboxylic acids is 4. The third-order valence-electron chi connectivity index (χ3n) is 16.9. The Labute approximate surface area is 401 Å². The number of hydrogen-bond donors (Lipinski definition) is 0. The lowest BCUT2D eigenvalue weighted by Gasteiger charge is -2.40. The Morgan fingerprint density at radius 3 is 1.29 bits per heavy atom. The van der Waals surface area contributed by atoms with Gasteiger partial charge in [-0.3, -0.25) is 9.59 Å². The van der Waals surface area contributed by atoms with Crippen LogP contribution in [-0.2, 0) is 64.7 Å². The lowest BCUT2D eigenvalue weighted by molar-refractivity contribution is -0.173. The van der Waals surface area contributed by atoms with Gasteiger partial charge in [0, 0.05) is 76.7 Å². The number of esters is 4. The lowest BCUT2D eigenvalue weighted by Crippen LogP contribution is -2.44. The Bertz CT molecular complexity index is 1650. The van der Waals surface area contributed by atoms with Crippen LogP contribution in [0, 0.1) is 44.3 Å². The summed E-state index contributed by atoms with van der Waals surface area (Å²) < 4.78 is 54.3. The Kier molecular flexibility index (Phi) is 21.6. The molecule has 4 aliphatic carbocycles. The van der Waals surface area contributed by atoms with E-state index in [-0.39, 0.29) is 58.9 Å². The topological polar surface area (TPSA) is 161 Å².